The molecule has 3 aromatic rings. The Morgan fingerprint density at radius 1 is 0.800 bits per heavy atom. The molecule has 1 heterocycles. The van der Waals surface area contributed by atoms with Crippen LogP contribution in [0, 0.1) is 11.6 Å². The molecule has 20 heavy (non-hydrogen) atoms. The smallest absolute Gasteiger partial charge is 0.230 e. The number of halogens is 2. The molecule has 1 aromatic heterocycles. The van der Waals surface area contributed by atoms with E-state index in [9.17, 15) is 8.78 Å². The summed E-state index contributed by atoms with van der Waals surface area (Å²) < 4.78 is 31.0. The van der Waals surface area contributed by atoms with Crippen molar-refractivity contribution in [3.8, 4) is 22.4 Å². The Morgan fingerprint density at radius 3 is 1.85 bits per heavy atom. The van der Waals surface area contributed by atoms with Crippen molar-refractivity contribution >= 4 is 5.88 Å². The van der Waals surface area contributed by atoms with Gasteiger partial charge in [-0.15, -0.1) is 0 Å². The number of rotatable bonds is 2. The summed E-state index contributed by atoms with van der Waals surface area (Å²) in [5.74, 6) is -0.545. The number of benzene rings is 2. The van der Waals surface area contributed by atoms with Crippen LogP contribution in [-0.4, -0.2) is 5.16 Å². The summed E-state index contributed by atoms with van der Waals surface area (Å²) in [6, 6.07) is 11.7. The molecular formula is C15H10F2N2O. The van der Waals surface area contributed by atoms with E-state index in [4.69, 9.17) is 10.3 Å². The zero-order chi connectivity index (χ0) is 14.1. The van der Waals surface area contributed by atoms with Crippen molar-refractivity contribution in [2.75, 3.05) is 5.73 Å². The number of nitrogens with two attached hydrogens (primary N) is 1. The Bertz CT molecular complexity index is 734. The number of hydrogen-bond acceptors (Lipinski definition) is 3. The Hall–Kier alpha value is -2.69. The number of anilines is 1. The molecule has 3 nitrogen and oxygen atoms in total. The zero-order valence-corrected chi connectivity index (χ0v) is 10.3. The van der Waals surface area contributed by atoms with Gasteiger partial charge in [0.15, 0.2) is 0 Å². The van der Waals surface area contributed by atoms with Gasteiger partial charge in [-0.25, -0.2) is 8.78 Å². The van der Waals surface area contributed by atoms with Crippen LogP contribution < -0.4 is 5.73 Å². The molecule has 100 valence electrons. The van der Waals surface area contributed by atoms with Gasteiger partial charge in [0.25, 0.3) is 0 Å². The zero-order valence-electron chi connectivity index (χ0n) is 10.3. The number of aromatic nitrogens is 1. The second-order valence-corrected chi connectivity index (χ2v) is 4.28. The van der Waals surface area contributed by atoms with Crippen LogP contribution in [0.4, 0.5) is 14.7 Å². The molecule has 2 N–H and O–H groups in total. The minimum absolute atomic E-state index is 0.135. The van der Waals surface area contributed by atoms with Crippen molar-refractivity contribution in [2.45, 2.75) is 0 Å². The molecule has 5 heteroatoms. The Kier molecular flexibility index (Phi) is 2.95. The monoisotopic (exact) mass is 272 g/mol. The van der Waals surface area contributed by atoms with Crippen molar-refractivity contribution in [3.63, 3.8) is 0 Å². The summed E-state index contributed by atoms with van der Waals surface area (Å²) >= 11 is 0. The fourth-order valence-corrected chi connectivity index (χ4v) is 2.00. The SMILES string of the molecule is Nc1onc(-c2ccc(F)cc2)c1-c1ccc(F)cc1. The third-order valence-electron chi connectivity index (χ3n) is 2.97. The Morgan fingerprint density at radius 2 is 1.30 bits per heavy atom. The third kappa shape index (κ3) is 2.14. The van der Waals surface area contributed by atoms with Gasteiger partial charge in [-0.3, -0.25) is 0 Å². The van der Waals surface area contributed by atoms with E-state index in [1.165, 1.54) is 24.3 Å². The van der Waals surface area contributed by atoms with Crippen molar-refractivity contribution in [1.82, 2.24) is 5.16 Å². The molecule has 0 aliphatic rings. The minimum Gasteiger partial charge on any atom is -0.367 e. The maximum absolute atomic E-state index is 13.0. The van der Waals surface area contributed by atoms with Crippen LogP contribution in [0.25, 0.3) is 22.4 Å². The van der Waals surface area contributed by atoms with E-state index in [1.54, 1.807) is 24.3 Å². The highest BCUT2D eigenvalue weighted by molar-refractivity contribution is 5.86. The van der Waals surface area contributed by atoms with E-state index in [-0.39, 0.29) is 17.5 Å². The van der Waals surface area contributed by atoms with Gasteiger partial charge in [0.1, 0.15) is 17.3 Å². The molecule has 0 amide bonds. The number of nitrogens with zero attached hydrogens (tertiary/aromatic N) is 1. The molecule has 3 rings (SSSR count). The highest BCUT2D eigenvalue weighted by Gasteiger charge is 2.17. The average Bonchev–Trinajstić information content (AvgIpc) is 2.83. The van der Waals surface area contributed by atoms with Crippen molar-refractivity contribution in [1.29, 1.82) is 0 Å². The summed E-state index contributed by atoms with van der Waals surface area (Å²) in [4.78, 5) is 0. The molecule has 0 radical (unpaired) electrons. The average molecular weight is 272 g/mol. The van der Waals surface area contributed by atoms with E-state index in [1.807, 2.05) is 0 Å². The topological polar surface area (TPSA) is 52.0 Å². The van der Waals surface area contributed by atoms with Crippen LogP contribution in [-0.2, 0) is 0 Å². The lowest BCUT2D eigenvalue weighted by Crippen LogP contribution is -1.88. The van der Waals surface area contributed by atoms with Crippen molar-refractivity contribution in [3.05, 3.63) is 60.2 Å². The molecule has 0 atom stereocenters. The highest BCUT2D eigenvalue weighted by Crippen LogP contribution is 2.36. The lowest BCUT2D eigenvalue weighted by Gasteiger charge is -2.03. The first kappa shape index (κ1) is 12.3. The molecule has 0 spiro atoms. The quantitative estimate of drug-likeness (QED) is 0.770. The maximum Gasteiger partial charge on any atom is 0.230 e. The van der Waals surface area contributed by atoms with E-state index >= 15 is 0 Å². The van der Waals surface area contributed by atoms with Crippen LogP contribution in [0.2, 0.25) is 0 Å². The Labute approximate surface area is 113 Å². The van der Waals surface area contributed by atoms with Crippen LogP contribution in [0.15, 0.2) is 53.1 Å². The summed E-state index contributed by atoms with van der Waals surface area (Å²) in [5.41, 5.74) is 8.20. The highest BCUT2D eigenvalue weighted by atomic mass is 19.1. The van der Waals surface area contributed by atoms with E-state index in [0.717, 1.165) is 0 Å². The first-order valence-electron chi connectivity index (χ1n) is 5.92. The second-order valence-electron chi connectivity index (χ2n) is 4.28. The predicted octanol–water partition coefficient (Wildman–Crippen LogP) is 3.87. The molecule has 2 aromatic carbocycles. The second kappa shape index (κ2) is 4.77. The molecular weight excluding hydrogens is 262 g/mol. The Balaban J connectivity index is 2.14. The standard InChI is InChI=1S/C15H10F2N2O/c16-11-5-1-9(2-6-11)13-14(19-20-15(13)18)10-3-7-12(17)8-4-10/h1-8H,18H2. The largest absolute Gasteiger partial charge is 0.367 e. The summed E-state index contributed by atoms with van der Waals surface area (Å²) in [5, 5.41) is 3.90. The molecule has 0 saturated carbocycles. The van der Waals surface area contributed by atoms with Gasteiger partial charge in [0.2, 0.25) is 5.88 Å². The van der Waals surface area contributed by atoms with Crippen molar-refractivity contribution < 1.29 is 13.3 Å². The first-order chi connectivity index (χ1) is 9.65. The van der Waals surface area contributed by atoms with Gasteiger partial charge in [0, 0.05) is 5.56 Å². The minimum atomic E-state index is -0.341. The van der Waals surface area contributed by atoms with Crippen LogP contribution in [0.5, 0.6) is 0 Å². The van der Waals surface area contributed by atoms with E-state index in [0.29, 0.717) is 22.4 Å². The predicted molar refractivity (Wildman–Crippen MR) is 71.7 cm³/mol. The van der Waals surface area contributed by atoms with Gasteiger partial charge in [-0.05, 0) is 42.0 Å². The molecule has 0 fully saturated rings. The first-order valence-corrected chi connectivity index (χ1v) is 5.92. The number of nitrogen functional groups attached to an aromatic ring is 1. The van der Waals surface area contributed by atoms with Gasteiger partial charge in [-0.1, -0.05) is 17.3 Å². The third-order valence-corrected chi connectivity index (χ3v) is 2.97. The van der Waals surface area contributed by atoms with Gasteiger partial charge >= 0.3 is 0 Å². The summed E-state index contributed by atoms with van der Waals surface area (Å²) in [6.07, 6.45) is 0. The maximum atomic E-state index is 13.0. The molecule has 0 unspecified atom stereocenters. The molecule has 0 aliphatic heterocycles. The van der Waals surface area contributed by atoms with Gasteiger partial charge in [-0.2, -0.15) is 0 Å². The summed E-state index contributed by atoms with van der Waals surface area (Å²) in [7, 11) is 0. The lowest BCUT2D eigenvalue weighted by atomic mass is 10.0. The van der Waals surface area contributed by atoms with Crippen LogP contribution >= 0.6 is 0 Å². The molecule has 0 saturated heterocycles. The molecule has 0 aliphatic carbocycles. The fraction of sp³-hybridized carbons (Fsp3) is 0. The van der Waals surface area contributed by atoms with Gasteiger partial charge in [0.05, 0.1) is 5.56 Å². The lowest BCUT2D eigenvalue weighted by molar-refractivity contribution is 0.439. The van der Waals surface area contributed by atoms with E-state index in [2.05, 4.69) is 5.16 Å². The summed E-state index contributed by atoms with van der Waals surface area (Å²) in [6.45, 7) is 0. The fourth-order valence-electron chi connectivity index (χ4n) is 2.00. The van der Waals surface area contributed by atoms with Crippen LogP contribution in [0.1, 0.15) is 0 Å². The van der Waals surface area contributed by atoms with Gasteiger partial charge < -0.3 is 10.3 Å². The van der Waals surface area contributed by atoms with E-state index < -0.39 is 0 Å². The van der Waals surface area contributed by atoms with Crippen LogP contribution in [0.3, 0.4) is 0 Å². The normalized spacial score (nSPS) is 10.7. The van der Waals surface area contributed by atoms with Crippen molar-refractivity contribution in [2.24, 2.45) is 0 Å². The number of hydrogen-bond donors (Lipinski definition) is 1. The molecule has 0 bridgehead atoms.